The Hall–Kier alpha value is -0.420. The number of halogens is 3. The van der Waals surface area contributed by atoms with Gasteiger partial charge in [-0.05, 0) is 40.0 Å². The number of rotatable bonds is 4. The summed E-state index contributed by atoms with van der Waals surface area (Å²) in [5.74, 6) is -0.717. The van der Waals surface area contributed by atoms with Gasteiger partial charge in [-0.25, -0.2) is 4.39 Å². The lowest BCUT2D eigenvalue weighted by Gasteiger charge is -2.07. The van der Waals surface area contributed by atoms with Crippen molar-refractivity contribution in [1.82, 2.24) is 0 Å². The molecule has 0 aliphatic rings. The molecule has 0 unspecified atom stereocenters. The van der Waals surface area contributed by atoms with Crippen LogP contribution in [0.1, 0.15) is 18.1 Å². The van der Waals surface area contributed by atoms with Crippen molar-refractivity contribution in [2.24, 2.45) is 0 Å². The molecule has 1 rings (SSSR count). The van der Waals surface area contributed by atoms with E-state index < -0.39 is 0 Å². The average Bonchev–Trinajstić information content (AvgIpc) is 2.24. The Balaban J connectivity index is 2.94. The molecule has 0 fully saturated rings. The molecule has 1 aromatic rings. The molecule has 0 aliphatic carbocycles. The minimum atomic E-state index is -0.365. The Labute approximate surface area is 110 Å². The Morgan fingerprint density at radius 3 is 2.75 bits per heavy atom. The van der Waals surface area contributed by atoms with E-state index in [9.17, 15) is 9.18 Å². The van der Waals surface area contributed by atoms with Gasteiger partial charge in [0.1, 0.15) is 5.82 Å². The van der Waals surface area contributed by atoms with Crippen LogP contribution in [-0.2, 0) is 21.3 Å². The molecule has 5 heteroatoms. The minimum Gasteiger partial charge on any atom is -0.466 e. The van der Waals surface area contributed by atoms with Gasteiger partial charge in [0.2, 0.25) is 0 Å². The third-order valence-corrected chi connectivity index (χ3v) is 3.49. The van der Waals surface area contributed by atoms with Crippen LogP contribution in [0.3, 0.4) is 0 Å². The lowest BCUT2D eigenvalue weighted by molar-refractivity contribution is -0.142. The summed E-state index contributed by atoms with van der Waals surface area (Å²) in [5, 5.41) is 0.549. The second kappa shape index (κ2) is 6.35. The van der Waals surface area contributed by atoms with Gasteiger partial charge >= 0.3 is 5.97 Å². The monoisotopic (exact) mass is 352 g/mol. The highest BCUT2D eigenvalue weighted by atomic mass is 79.9. The standard InChI is InChI=1S/C11H11Br2FO2/c1-2-16-10(15)5-8-3-7(6-12)4-9(14)11(8)13/h3-4H,2,5-6H2,1H3. The highest BCUT2D eigenvalue weighted by Gasteiger charge is 2.12. The Morgan fingerprint density at radius 1 is 1.50 bits per heavy atom. The summed E-state index contributed by atoms with van der Waals surface area (Å²) in [6.45, 7) is 2.07. The lowest BCUT2D eigenvalue weighted by atomic mass is 10.1. The van der Waals surface area contributed by atoms with Gasteiger partial charge in [0.15, 0.2) is 0 Å². The average molecular weight is 354 g/mol. The van der Waals surface area contributed by atoms with Crippen molar-refractivity contribution < 1.29 is 13.9 Å². The quantitative estimate of drug-likeness (QED) is 0.610. The van der Waals surface area contributed by atoms with Gasteiger partial charge in [-0.15, -0.1) is 0 Å². The summed E-state index contributed by atoms with van der Waals surface area (Å²) < 4.78 is 18.6. The van der Waals surface area contributed by atoms with Gasteiger partial charge in [-0.2, -0.15) is 0 Å². The zero-order chi connectivity index (χ0) is 12.1. The predicted octanol–water partition coefficient (Wildman–Crippen LogP) is 3.59. The van der Waals surface area contributed by atoms with Crippen molar-refractivity contribution in [1.29, 1.82) is 0 Å². The number of carbonyl (C=O) groups is 1. The molecule has 0 saturated carbocycles. The summed E-state index contributed by atoms with van der Waals surface area (Å²) in [7, 11) is 0. The van der Waals surface area contributed by atoms with Gasteiger partial charge in [0.25, 0.3) is 0 Å². The number of hydrogen-bond acceptors (Lipinski definition) is 2. The summed E-state index contributed by atoms with van der Waals surface area (Å²) in [5.41, 5.74) is 1.40. The van der Waals surface area contributed by atoms with Crippen LogP contribution in [0.15, 0.2) is 16.6 Å². The molecule has 0 spiro atoms. The van der Waals surface area contributed by atoms with Gasteiger partial charge in [-0.1, -0.05) is 22.0 Å². The van der Waals surface area contributed by atoms with Crippen LogP contribution < -0.4 is 0 Å². The van der Waals surface area contributed by atoms with Crippen LogP contribution in [0.5, 0.6) is 0 Å². The number of ether oxygens (including phenoxy) is 1. The van der Waals surface area contributed by atoms with E-state index in [0.29, 0.717) is 22.0 Å². The fraction of sp³-hybridized carbons (Fsp3) is 0.364. The maximum absolute atomic E-state index is 13.4. The Bertz CT molecular complexity index is 394. The van der Waals surface area contributed by atoms with Crippen molar-refractivity contribution in [2.75, 3.05) is 6.61 Å². The molecule has 0 bridgehead atoms. The van der Waals surface area contributed by atoms with Crippen LogP contribution in [-0.4, -0.2) is 12.6 Å². The van der Waals surface area contributed by atoms with Crippen LogP contribution in [0.4, 0.5) is 4.39 Å². The maximum Gasteiger partial charge on any atom is 0.310 e. The predicted molar refractivity (Wildman–Crippen MR) is 67.1 cm³/mol. The van der Waals surface area contributed by atoms with Gasteiger partial charge in [-0.3, -0.25) is 4.79 Å². The van der Waals surface area contributed by atoms with Crippen molar-refractivity contribution >= 4 is 37.8 Å². The topological polar surface area (TPSA) is 26.3 Å². The SMILES string of the molecule is CCOC(=O)Cc1cc(CBr)cc(F)c1Br. The first-order chi connectivity index (χ1) is 7.58. The second-order valence-corrected chi connectivity index (χ2v) is 4.52. The molecule has 0 atom stereocenters. The van der Waals surface area contributed by atoms with Crippen LogP contribution >= 0.6 is 31.9 Å². The number of hydrogen-bond donors (Lipinski definition) is 0. The summed E-state index contributed by atoms with van der Waals surface area (Å²) in [6, 6.07) is 3.20. The van der Waals surface area contributed by atoms with Crippen LogP contribution in [0, 0.1) is 5.82 Å². The zero-order valence-electron chi connectivity index (χ0n) is 8.73. The molecule has 0 radical (unpaired) electrons. The highest BCUT2D eigenvalue weighted by Crippen LogP contribution is 2.24. The smallest absolute Gasteiger partial charge is 0.310 e. The maximum atomic E-state index is 13.4. The molecule has 0 N–H and O–H groups in total. The zero-order valence-corrected chi connectivity index (χ0v) is 11.9. The van der Waals surface area contributed by atoms with Gasteiger partial charge < -0.3 is 4.74 Å². The molecule has 0 saturated heterocycles. The summed E-state index contributed by atoms with van der Waals surface area (Å²) >= 11 is 6.37. The van der Waals surface area contributed by atoms with Crippen molar-refractivity contribution in [3.63, 3.8) is 0 Å². The third kappa shape index (κ3) is 3.56. The number of carbonyl (C=O) groups excluding carboxylic acids is 1. The fourth-order valence-corrected chi connectivity index (χ4v) is 1.97. The molecular weight excluding hydrogens is 343 g/mol. The van der Waals surface area contributed by atoms with Crippen molar-refractivity contribution in [3.8, 4) is 0 Å². The van der Waals surface area contributed by atoms with Crippen molar-refractivity contribution in [2.45, 2.75) is 18.7 Å². The van der Waals surface area contributed by atoms with E-state index in [1.165, 1.54) is 6.07 Å². The molecule has 1 aromatic carbocycles. The van der Waals surface area contributed by atoms with E-state index in [0.717, 1.165) is 5.56 Å². The number of benzene rings is 1. The van der Waals surface area contributed by atoms with Gasteiger partial charge in [0.05, 0.1) is 17.5 Å². The Kier molecular flexibility index (Phi) is 5.41. The number of esters is 1. The third-order valence-electron chi connectivity index (χ3n) is 1.96. The van der Waals surface area contributed by atoms with E-state index in [2.05, 4.69) is 31.9 Å². The summed E-state index contributed by atoms with van der Waals surface area (Å²) in [6.07, 6.45) is 0.0756. The van der Waals surface area contributed by atoms with Gasteiger partial charge in [0, 0.05) is 5.33 Å². The summed E-state index contributed by atoms with van der Waals surface area (Å²) in [4.78, 5) is 11.3. The van der Waals surface area contributed by atoms with E-state index >= 15 is 0 Å². The van der Waals surface area contributed by atoms with Crippen molar-refractivity contribution in [3.05, 3.63) is 33.5 Å². The second-order valence-electron chi connectivity index (χ2n) is 3.17. The molecule has 0 heterocycles. The van der Waals surface area contributed by atoms with E-state index in [-0.39, 0.29) is 18.2 Å². The van der Waals surface area contributed by atoms with E-state index in [4.69, 9.17) is 4.74 Å². The molecule has 0 aliphatic heterocycles. The van der Waals surface area contributed by atoms with Crippen LogP contribution in [0.2, 0.25) is 0 Å². The molecule has 0 amide bonds. The first-order valence-corrected chi connectivity index (χ1v) is 6.68. The van der Waals surface area contributed by atoms with E-state index in [1.807, 2.05) is 0 Å². The molecule has 88 valence electrons. The molecule has 2 nitrogen and oxygen atoms in total. The largest absolute Gasteiger partial charge is 0.466 e. The normalized spacial score (nSPS) is 10.2. The molecular formula is C11H11Br2FO2. The first kappa shape index (κ1) is 13.6. The first-order valence-electron chi connectivity index (χ1n) is 4.76. The fourth-order valence-electron chi connectivity index (χ4n) is 1.28. The lowest BCUT2D eigenvalue weighted by Crippen LogP contribution is -2.08. The Morgan fingerprint density at radius 2 is 2.19 bits per heavy atom. The molecule has 0 aromatic heterocycles. The minimum absolute atomic E-state index is 0.0756. The highest BCUT2D eigenvalue weighted by molar-refractivity contribution is 9.10. The molecule has 16 heavy (non-hydrogen) atoms. The van der Waals surface area contributed by atoms with E-state index in [1.54, 1.807) is 13.0 Å². The number of alkyl halides is 1. The van der Waals surface area contributed by atoms with Crippen LogP contribution in [0.25, 0.3) is 0 Å².